The quantitative estimate of drug-likeness (QED) is 0.588. The van der Waals surface area contributed by atoms with Crippen molar-refractivity contribution in [1.29, 1.82) is 0 Å². The van der Waals surface area contributed by atoms with Crippen molar-refractivity contribution in [2.45, 2.75) is 38.0 Å². The highest BCUT2D eigenvalue weighted by Crippen LogP contribution is 2.48. The van der Waals surface area contributed by atoms with E-state index in [1.165, 1.54) is 11.1 Å². The van der Waals surface area contributed by atoms with Crippen molar-refractivity contribution in [2.24, 2.45) is 0 Å². The van der Waals surface area contributed by atoms with Gasteiger partial charge in [0.1, 0.15) is 0 Å². The molecule has 3 rings (SSSR count). The van der Waals surface area contributed by atoms with E-state index in [1.54, 1.807) is 4.90 Å². The zero-order valence-electron chi connectivity index (χ0n) is 12.4. The number of nitrogens with one attached hydrogen (secondary N) is 1. The maximum atomic E-state index is 11.2. The Kier molecular flexibility index (Phi) is 3.66. The molecule has 1 aliphatic carbocycles. The normalized spacial score (nSPS) is 23.0. The number of rotatable bonds is 4. The number of carbonyl (C=O) groups is 1. The largest absolute Gasteiger partial charge is 0.465 e. The molecule has 4 N–H and O–H groups in total. The van der Waals surface area contributed by atoms with Gasteiger partial charge in [-0.15, -0.1) is 0 Å². The predicted molar refractivity (Wildman–Crippen MR) is 83.9 cm³/mol. The van der Waals surface area contributed by atoms with Crippen LogP contribution in [-0.4, -0.2) is 35.7 Å². The van der Waals surface area contributed by atoms with Crippen molar-refractivity contribution < 1.29 is 9.90 Å². The Labute approximate surface area is 125 Å². The fourth-order valence-corrected chi connectivity index (χ4v) is 3.62. The Bertz CT molecular complexity index is 559. The third-order valence-corrected chi connectivity index (χ3v) is 4.70. The number of hydrogen-bond acceptors (Lipinski definition) is 3. The van der Waals surface area contributed by atoms with Gasteiger partial charge < -0.3 is 21.1 Å². The van der Waals surface area contributed by atoms with Crippen LogP contribution < -0.4 is 11.1 Å². The molecule has 5 heteroatoms. The predicted octanol–water partition coefficient (Wildman–Crippen LogP) is 3.05. The first-order valence-electron chi connectivity index (χ1n) is 7.75. The highest BCUT2D eigenvalue weighted by atomic mass is 16.4. The number of hydrogen-bond donors (Lipinski definition) is 3. The zero-order valence-corrected chi connectivity index (χ0v) is 12.4. The Hall–Kier alpha value is -1.91. The molecule has 0 spiro atoms. The lowest BCUT2D eigenvalue weighted by atomic mass is 9.96. The molecule has 1 heterocycles. The van der Waals surface area contributed by atoms with E-state index in [-0.39, 0.29) is 0 Å². The summed E-state index contributed by atoms with van der Waals surface area (Å²) in [6.45, 7) is 4.30. The summed E-state index contributed by atoms with van der Waals surface area (Å²) in [6.07, 6.45) is 2.51. The number of amides is 1. The molecule has 1 amide bonds. The molecule has 1 saturated heterocycles. The summed E-state index contributed by atoms with van der Waals surface area (Å²) in [5.41, 5.74) is 10.5. The van der Waals surface area contributed by atoms with Crippen LogP contribution >= 0.6 is 0 Å². The Morgan fingerprint density at radius 3 is 2.67 bits per heavy atom. The molecule has 0 radical (unpaired) electrons. The molecule has 2 atom stereocenters. The standard InChI is InChI=1S/C16H23N3O2/c1-2-3-4-18-15-7-13-11-5-10(12(13)6-14(15)17)8-19(9-11)16(20)21/h6-7,10-11,18H,2-5,8-9,17H2,1H3,(H,20,21). The lowest BCUT2D eigenvalue weighted by Crippen LogP contribution is -2.38. The topological polar surface area (TPSA) is 78.6 Å². The van der Waals surface area contributed by atoms with E-state index in [0.717, 1.165) is 37.2 Å². The number of anilines is 2. The van der Waals surface area contributed by atoms with E-state index < -0.39 is 6.09 Å². The van der Waals surface area contributed by atoms with Crippen LogP contribution in [-0.2, 0) is 0 Å². The number of likely N-dealkylation sites (tertiary alicyclic amines) is 1. The third kappa shape index (κ3) is 2.52. The van der Waals surface area contributed by atoms with Crippen molar-refractivity contribution in [1.82, 2.24) is 4.90 Å². The Balaban J connectivity index is 1.84. The molecule has 1 fully saturated rings. The van der Waals surface area contributed by atoms with E-state index in [4.69, 9.17) is 5.73 Å². The van der Waals surface area contributed by atoms with Gasteiger partial charge in [-0.1, -0.05) is 13.3 Å². The highest BCUT2D eigenvalue weighted by molar-refractivity contribution is 5.71. The van der Waals surface area contributed by atoms with Gasteiger partial charge in [0.15, 0.2) is 0 Å². The van der Waals surface area contributed by atoms with Crippen LogP contribution in [0.1, 0.15) is 49.1 Å². The lowest BCUT2D eigenvalue weighted by molar-refractivity contribution is 0.129. The SMILES string of the molecule is CCCCNc1cc2c(cc1N)C1CC2CN(C(=O)O)C1. The monoisotopic (exact) mass is 289 g/mol. The zero-order chi connectivity index (χ0) is 15.0. The van der Waals surface area contributed by atoms with E-state index in [1.807, 2.05) is 0 Å². The van der Waals surface area contributed by atoms with Crippen LogP contribution in [0.15, 0.2) is 12.1 Å². The van der Waals surface area contributed by atoms with Gasteiger partial charge in [-0.05, 0) is 36.1 Å². The molecular weight excluding hydrogens is 266 g/mol. The molecule has 2 bridgehead atoms. The number of carboxylic acid groups (broad SMARTS) is 1. The average Bonchev–Trinajstić information content (AvgIpc) is 2.70. The second-order valence-electron chi connectivity index (χ2n) is 6.17. The number of nitrogens with zero attached hydrogens (tertiary/aromatic N) is 1. The third-order valence-electron chi connectivity index (χ3n) is 4.70. The molecule has 1 aromatic carbocycles. The van der Waals surface area contributed by atoms with Crippen molar-refractivity contribution in [3.8, 4) is 0 Å². The minimum atomic E-state index is -0.813. The summed E-state index contributed by atoms with van der Waals surface area (Å²) in [5, 5.41) is 12.6. The fourth-order valence-electron chi connectivity index (χ4n) is 3.62. The molecule has 0 aromatic heterocycles. The molecule has 0 saturated carbocycles. The summed E-state index contributed by atoms with van der Waals surface area (Å²) in [5.74, 6) is 0.629. The summed E-state index contributed by atoms with van der Waals surface area (Å²) in [4.78, 5) is 12.8. The minimum Gasteiger partial charge on any atom is -0.465 e. The van der Waals surface area contributed by atoms with Crippen molar-refractivity contribution in [3.05, 3.63) is 23.3 Å². The van der Waals surface area contributed by atoms with Crippen LogP contribution in [0.3, 0.4) is 0 Å². The molecule has 21 heavy (non-hydrogen) atoms. The number of piperidine rings is 1. The summed E-state index contributed by atoms with van der Waals surface area (Å²) >= 11 is 0. The van der Waals surface area contributed by atoms with Crippen LogP contribution in [0.5, 0.6) is 0 Å². The van der Waals surface area contributed by atoms with Crippen molar-refractivity contribution >= 4 is 17.5 Å². The first kappa shape index (κ1) is 14.0. The lowest BCUT2D eigenvalue weighted by Gasteiger charge is -2.29. The number of benzene rings is 1. The van der Waals surface area contributed by atoms with Gasteiger partial charge in [0, 0.05) is 31.5 Å². The number of unbranched alkanes of at least 4 members (excludes halogenated alkanes) is 1. The summed E-state index contributed by atoms with van der Waals surface area (Å²) < 4.78 is 0. The van der Waals surface area contributed by atoms with E-state index in [9.17, 15) is 9.90 Å². The average molecular weight is 289 g/mol. The number of fused-ring (bicyclic) bond motifs is 5. The van der Waals surface area contributed by atoms with E-state index in [2.05, 4.69) is 24.4 Å². The minimum absolute atomic E-state index is 0.307. The van der Waals surface area contributed by atoms with Crippen LogP contribution in [0, 0.1) is 0 Å². The Morgan fingerprint density at radius 2 is 2.05 bits per heavy atom. The summed E-state index contributed by atoms with van der Waals surface area (Å²) in [6, 6.07) is 4.20. The molecule has 1 aliphatic heterocycles. The van der Waals surface area contributed by atoms with Crippen molar-refractivity contribution in [2.75, 3.05) is 30.7 Å². The maximum Gasteiger partial charge on any atom is 0.407 e. The van der Waals surface area contributed by atoms with Gasteiger partial charge in [0.2, 0.25) is 0 Å². The van der Waals surface area contributed by atoms with Crippen molar-refractivity contribution in [3.63, 3.8) is 0 Å². The first-order chi connectivity index (χ1) is 10.1. The van der Waals surface area contributed by atoms with Gasteiger partial charge in [-0.3, -0.25) is 0 Å². The smallest absolute Gasteiger partial charge is 0.407 e. The maximum absolute atomic E-state index is 11.2. The van der Waals surface area contributed by atoms with Gasteiger partial charge in [0.25, 0.3) is 0 Å². The molecule has 2 aliphatic rings. The van der Waals surface area contributed by atoms with Crippen LogP contribution in [0.4, 0.5) is 16.2 Å². The molecular formula is C16H23N3O2. The van der Waals surface area contributed by atoms with E-state index >= 15 is 0 Å². The number of nitrogen functional groups attached to an aromatic ring is 1. The highest BCUT2D eigenvalue weighted by Gasteiger charge is 2.39. The molecule has 1 aromatic rings. The van der Waals surface area contributed by atoms with Crippen LogP contribution in [0.25, 0.3) is 0 Å². The second-order valence-corrected chi connectivity index (χ2v) is 6.17. The van der Waals surface area contributed by atoms with Crippen LogP contribution in [0.2, 0.25) is 0 Å². The first-order valence-corrected chi connectivity index (χ1v) is 7.75. The number of nitrogens with two attached hydrogens (primary N) is 1. The molecule has 2 unspecified atom stereocenters. The second kappa shape index (κ2) is 5.47. The summed E-state index contributed by atoms with van der Waals surface area (Å²) in [7, 11) is 0. The Morgan fingerprint density at radius 1 is 1.38 bits per heavy atom. The van der Waals surface area contributed by atoms with E-state index in [0.29, 0.717) is 24.9 Å². The molecule has 5 nitrogen and oxygen atoms in total. The molecule has 114 valence electrons. The van der Waals surface area contributed by atoms with Gasteiger partial charge in [-0.2, -0.15) is 0 Å². The van der Waals surface area contributed by atoms with Gasteiger partial charge >= 0.3 is 6.09 Å². The van der Waals surface area contributed by atoms with Gasteiger partial charge in [0.05, 0.1) is 11.4 Å². The fraction of sp³-hybridized carbons (Fsp3) is 0.562. The van der Waals surface area contributed by atoms with Gasteiger partial charge in [-0.25, -0.2) is 4.79 Å².